The molecule has 0 aliphatic heterocycles. The maximum Gasteiger partial charge on any atom is 0.404 e. The van der Waals surface area contributed by atoms with Crippen LogP contribution in [0.3, 0.4) is 0 Å². The van der Waals surface area contributed by atoms with Crippen molar-refractivity contribution in [2.75, 3.05) is 0 Å². The Kier molecular flexibility index (Phi) is 4.01. The quantitative estimate of drug-likeness (QED) is 0.444. The van der Waals surface area contributed by atoms with Crippen LogP contribution in [-0.2, 0) is 6.54 Å². The van der Waals surface area contributed by atoms with E-state index in [0.717, 1.165) is 12.1 Å². The lowest BCUT2D eigenvalue weighted by atomic mass is 10.2. The van der Waals surface area contributed by atoms with Crippen molar-refractivity contribution in [3.05, 3.63) is 52.6 Å². The van der Waals surface area contributed by atoms with E-state index in [2.05, 4.69) is 26.3 Å². The van der Waals surface area contributed by atoms with Crippen LogP contribution in [0.15, 0.2) is 51.8 Å². The van der Waals surface area contributed by atoms with Crippen molar-refractivity contribution in [2.24, 2.45) is 0 Å². The molecule has 12 heteroatoms. The zero-order valence-electron chi connectivity index (χ0n) is 13.2. The summed E-state index contributed by atoms with van der Waals surface area (Å²) < 4.78 is 66.2. The Hall–Kier alpha value is -2.34. The van der Waals surface area contributed by atoms with Gasteiger partial charge < -0.3 is 10.4 Å². The summed E-state index contributed by atoms with van der Waals surface area (Å²) in [6, 6.07) is 7.34. The number of aromatic nitrogens is 2. The minimum atomic E-state index is -9.76. The number of halogens is 6. The summed E-state index contributed by atoms with van der Waals surface area (Å²) >= 11 is 3.32. The minimum Gasteiger partial charge on any atom is -0.465 e. The van der Waals surface area contributed by atoms with Crippen molar-refractivity contribution >= 4 is 43.2 Å². The molecule has 146 valence electrons. The van der Waals surface area contributed by atoms with Gasteiger partial charge in [0.2, 0.25) is 0 Å². The molecule has 5 nitrogen and oxygen atoms in total. The lowest BCUT2D eigenvalue weighted by Gasteiger charge is -2.40. The van der Waals surface area contributed by atoms with Gasteiger partial charge in [0, 0.05) is 9.86 Å². The van der Waals surface area contributed by atoms with Gasteiger partial charge in [0.1, 0.15) is 4.90 Å². The molecule has 0 unspecified atom stereocenters. The monoisotopic (exact) mass is 471 g/mol. The number of nitrogens with one attached hydrogen (secondary N) is 1. The minimum absolute atomic E-state index is 0.116. The van der Waals surface area contributed by atoms with E-state index >= 15 is 0 Å². The van der Waals surface area contributed by atoms with Crippen LogP contribution in [-0.4, -0.2) is 21.0 Å². The van der Waals surface area contributed by atoms with E-state index in [9.17, 15) is 24.2 Å². The largest absolute Gasteiger partial charge is 0.465 e. The van der Waals surface area contributed by atoms with Crippen molar-refractivity contribution in [3.63, 3.8) is 0 Å². The molecule has 0 bridgehead atoms. The molecular formula is C15H11BrF5N3O2S. The second-order valence-corrected chi connectivity index (χ2v) is 8.88. The first-order valence-corrected chi connectivity index (χ1v) is 9.98. The Morgan fingerprint density at radius 3 is 2.30 bits per heavy atom. The third-order valence-corrected chi connectivity index (χ3v) is 5.49. The summed E-state index contributed by atoms with van der Waals surface area (Å²) in [5.41, 5.74) is 0.897. The molecule has 1 aromatic heterocycles. The molecule has 0 saturated heterocycles. The van der Waals surface area contributed by atoms with Gasteiger partial charge >= 0.3 is 16.3 Å². The van der Waals surface area contributed by atoms with Gasteiger partial charge in [0.25, 0.3) is 0 Å². The molecule has 3 rings (SSSR count). The Labute approximate surface area is 157 Å². The smallest absolute Gasteiger partial charge is 0.404 e. The molecule has 2 aromatic carbocycles. The van der Waals surface area contributed by atoms with Crippen molar-refractivity contribution in [1.29, 1.82) is 0 Å². The third-order valence-electron chi connectivity index (χ3n) is 3.66. The number of amides is 1. The predicted octanol–water partition coefficient (Wildman–Crippen LogP) is 6.21. The first-order valence-electron chi connectivity index (χ1n) is 7.24. The molecule has 27 heavy (non-hydrogen) atoms. The first kappa shape index (κ1) is 19.4. The zero-order chi connectivity index (χ0) is 20.1. The van der Waals surface area contributed by atoms with Crippen LogP contribution in [0.5, 0.6) is 0 Å². The van der Waals surface area contributed by atoms with Crippen LogP contribution in [0.4, 0.5) is 24.2 Å². The first-order chi connectivity index (χ1) is 12.3. The molecule has 0 aliphatic carbocycles. The highest BCUT2D eigenvalue weighted by Crippen LogP contribution is 3.02. The topological polar surface area (TPSA) is 67.2 Å². The summed E-state index contributed by atoms with van der Waals surface area (Å²) in [5, 5.41) is 15.7. The second kappa shape index (κ2) is 5.58. The van der Waals surface area contributed by atoms with Gasteiger partial charge in [-0.2, -0.15) is 5.10 Å². The second-order valence-electron chi connectivity index (χ2n) is 5.61. The molecule has 1 heterocycles. The maximum atomic E-state index is 12.9. The van der Waals surface area contributed by atoms with Crippen LogP contribution in [0.1, 0.15) is 5.69 Å². The molecule has 0 saturated carbocycles. The van der Waals surface area contributed by atoms with Crippen molar-refractivity contribution < 1.29 is 29.3 Å². The number of carboxylic acid groups (broad SMARTS) is 1. The summed E-state index contributed by atoms with van der Waals surface area (Å²) in [6.45, 7) is -0.148. The summed E-state index contributed by atoms with van der Waals surface area (Å²) in [7, 11) is -9.76. The Morgan fingerprint density at radius 2 is 1.74 bits per heavy atom. The Morgan fingerprint density at radius 1 is 1.11 bits per heavy atom. The number of rotatable bonds is 4. The standard InChI is InChI=1S/C15H11BrF5N3O2S/c16-11-2-1-3-13-14(11)12(8-22-15(25)26)23-24(13)9-4-6-10(7-5-9)27(17,18,19,20)21/h1-7,22H,8H2,(H,25,26). The fourth-order valence-electron chi connectivity index (χ4n) is 2.52. The van der Waals surface area contributed by atoms with Gasteiger partial charge in [-0.3, -0.25) is 0 Å². The third kappa shape index (κ3) is 4.00. The van der Waals surface area contributed by atoms with Crippen molar-refractivity contribution in [1.82, 2.24) is 15.1 Å². The zero-order valence-corrected chi connectivity index (χ0v) is 15.6. The van der Waals surface area contributed by atoms with Gasteiger partial charge in [0.15, 0.2) is 0 Å². The van der Waals surface area contributed by atoms with Crippen molar-refractivity contribution in [2.45, 2.75) is 11.4 Å². The molecule has 0 radical (unpaired) electrons. The molecule has 0 aliphatic rings. The van der Waals surface area contributed by atoms with E-state index in [1.54, 1.807) is 18.2 Å². The lowest BCUT2D eigenvalue weighted by molar-refractivity contribution is 0.194. The molecule has 0 fully saturated rings. The molecule has 0 spiro atoms. The molecule has 2 N–H and O–H groups in total. The Bertz CT molecular complexity index is 1050. The maximum absolute atomic E-state index is 12.9. The van der Waals surface area contributed by atoms with E-state index in [1.165, 1.54) is 4.68 Å². The lowest BCUT2D eigenvalue weighted by Crippen LogP contribution is -2.20. The number of carbonyl (C=O) groups is 1. The average Bonchev–Trinajstić information content (AvgIpc) is 2.91. The van der Waals surface area contributed by atoms with Gasteiger partial charge in [-0.15, -0.1) is 0 Å². The van der Waals surface area contributed by atoms with Crippen LogP contribution in [0.2, 0.25) is 0 Å². The van der Waals surface area contributed by atoms with Crippen LogP contribution in [0, 0.1) is 0 Å². The molecule has 1 amide bonds. The summed E-state index contributed by atoms with van der Waals surface area (Å²) in [5.74, 6) is 0. The molecule has 0 atom stereocenters. The number of nitrogens with zero attached hydrogens (tertiary/aromatic N) is 2. The highest BCUT2D eigenvalue weighted by molar-refractivity contribution is 9.10. The van der Waals surface area contributed by atoms with Crippen LogP contribution in [0.25, 0.3) is 16.6 Å². The fourth-order valence-corrected chi connectivity index (χ4v) is 3.76. The normalized spacial score (nSPS) is 14.6. The summed E-state index contributed by atoms with van der Waals surface area (Å²) in [4.78, 5) is 8.73. The van der Waals surface area contributed by atoms with E-state index in [1.807, 2.05) is 0 Å². The Balaban J connectivity index is 2.13. The van der Waals surface area contributed by atoms with Gasteiger partial charge in [-0.1, -0.05) is 41.4 Å². The number of fused-ring (bicyclic) bond motifs is 1. The molecule has 3 aromatic rings. The highest BCUT2D eigenvalue weighted by Gasteiger charge is 2.65. The van der Waals surface area contributed by atoms with E-state index in [0.29, 0.717) is 33.2 Å². The van der Waals surface area contributed by atoms with E-state index < -0.39 is 21.2 Å². The number of hydrogen-bond acceptors (Lipinski definition) is 2. The highest BCUT2D eigenvalue weighted by atomic mass is 79.9. The van der Waals surface area contributed by atoms with Crippen LogP contribution >= 0.6 is 26.2 Å². The average molecular weight is 472 g/mol. The van der Waals surface area contributed by atoms with E-state index in [4.69, 9.17) is 5.11 Å². The van der Waals surface area contributed by atoms with Gasteiger partial charge in [-0.25, -0.2) is 9.48 Å². The summed E-state index contributed by atoms with van der Waals surface area (Å²) in [6.07, 6.45) is -1.27. The predicted molar refractivity (Wildman–Crippen MR) is 95.0 cm³/mol. The SMILES string of the molecule is O=C(O)NCc1nn(-c2ccc(S(F)(F)(F)(F)F)cc2)c2cccc(Br)c12. The van der Waals surface area contributed by atoms with Gasteiger partial charge in [0.05, 0.1) is 23.4 Å². The van der Waals surface area contributed by atoms with Gasteiger partial charge in [-0.05, 0) is 36.4 Å². The fraction of sp³-hybridized carbons (Fsp3) is 0.0667. The van der Waals surface area contributed by atoms with Crippen molar-refractivity contribution in [3.8, 4) is 5.69 Å². The number of hydrogen-bond donors (Lipinski definition) is 2. The number of benzene rings is 2. The molecular weight excluding hydrogens is 461 g/mol. The van der Waals surface area contributed by atoms with Crippen LogP contribution < -0.4 is 5.32 Å². The van der Waals surface area contributed by atoms with E-state index in [-0.39, 0.29) is 12.2 Å².